The number of pyridine rings is 1. The van der Waals surface area contributed by atoms with Crippen LogP contribution in [0.15, 0.2) is 18.2 Å². The van der Waals surface area contributed by atoms with Gasteiger partial charge in [0.05, 0.1) is 17.1 Å². The first kappa shape index (κ1) is 13.9. The summed E-state index contributed by atoms with van der Waals surface area (Å²) in [6.45, 7) is 1.89. The van der Waals surface area contributed by atoms with Gasteiger partial charge in [0.1, 0.15) is 5.69 Å². The lowest BCUT2D eigenvalue weighted by Crippen LogP contribution is -2.08. The molecule has 2 nitrogen and oxygen atoms in total. The van der Waals surface area contributed by atoms with E-state index in [-0.39, 0.29) is 28.3 Å². The molecule has 0 fully saturated rings. The van der Waals surface area contributed by atoms with Gasteiger partial charge in [-0.15, -0.1) is 0 Å². The molecule has 0 aliphatic rings. The van der Waals surface area contributed by atoms with E-state index in [1.54, 1.807) is 6.92 Å². The second-order valence-electron chi connectivity index (χ2n) is 3.72. The minimum absolute atomic E-state index is 0.0709. The summed E-state index contributed by atoms with van der Waals surface area (Å²) in [5.41, 5.74) is -1.32. The van der Waals surface area contributed by atoms with Gasteiger partial charge in [-0.1, -0.05) is 11.6 Å². The highest BCUT2D eigenvalue weighted by Crippen LogP contribution is 2.34. The van der Waals surface area contributed by atoms with Crippen molar-refractivity contribution in [2.75, 3.05) is 6.61 Å². The number of fused-ring (bicyclic) bond motifs is 1. The van der Waals surface area contributed by atoms with Crippen molar-refractivity contribution in [3.8, 4) is 5.75 Å². The first-order valence-corrected chi connectivity index (χ1v) is 5.70. The Morgan fingerprint density at radius 2 is 1.95 bits per heavy atom. The summed E-state index contributed by atoms with van der Waals surface area (Å²) in [4.78, 5) is 3.36. The average molecular weight is 294 g/mol. The van der Waals surface area contributed by atoms with Gasteiger partial charge >= 0.3 is 6.18 Å². The quantitative estimate of drug-likeness (QED) is 0.763. The van der Waals surface area contributed by atoms with Crippen molar-refractivity contribution >= 4 is 22.5 Å². The molecule has 0 aliphatic carbocycles. The van der Waals surface area contributed by atoms with Crippen LogP contribution in [0, 0.1) is 5.82 Å². The molecule has 0 amide bonds. The van der Waals surface area contributed by atoms with E-state index in [1.807, 2.05) is 0 Å². The summed E-state index contributed by atoms with van der Waals surface area (Å²) >= 11 is 5.77. The maximum absolute atomic E-state index is 13.6. The Hall–Kier alpha value is -1.56. The van der Waals surface area contributed by atoms with Crippen molar-refractivity contribution < 1.29 is 22.3 Å². The number of hydrogen-bond acceptors (Lipinski definition) is 2. The maximum atomic E-state index is 13.6. The molecule has 0 aliphatic heterocycles. The first-order chi connectivity index (χ1) is 8.82. The number of ether oxygens (including phenoxy) is 1. The van der Waals surface area contributed by atoms with Crippen molar-refractivity contribution in [2.45, 2.75) is 13.1 Å². The number of halogens is 5. The molecular formula is C12H8ClF4NO. The van der Waals surface area contributed by atoms with Crippen LogP contribution in [0.3, 0.4) is 0 Å². The van der Waals surface area contributed by atoms with E-state index >= 15 is 0 Å². The number of alkyl halides is 3. The van der Waals surface area contributed by atoms with E-state index in [0.29, 0.717) is 6.07 Å². The fourth-order valence-electron chi connectivity index (χ4n) is 1.60. The molecule has 1 aromatic heterocycles. The molecule has 19 heavy (non-hydrogen) atoms. The highest BCUT2D eigenvalue weighted by Gasteiger charge is 2.33. The van der Waals surface area contributed by atoms with Crippen LogP contribution in [0.25, 0.3) is 10.9 Å². The summed E-state index contributed by atoms with van der Waals surface area (Å²) in [5, 5.41) is 0.0535. The molecule has 0 saturated heterocycles. The van der Waals surface area contributed by atoms with Crippen LogP contribution in [0.5, 0.6) is 5.75 Å². The number of aromatic nitrogens is 1. The summed E-state index contributed by atoms with van der Waals surface area (Å²) in [5.74, 6) is -0.851. The lowest BCUT2D eigenvalue weighted by Gasteiger charge is -2.10. The van der Waals surface area contributed by atoms with E-state index in [4.69, 9.17) is 16.3 Å². The third-order valence-electron chi connectivity index (χ3n) is 2.40. The normalized spacial score (nSPS) is 11.9. The van der Waals surface area contributed by atoms with Gasteiger partial charge in [-0.2, -0.15) is 13.2 Å². The smallest absolute Gasteiger partial charge is 0.433 e. The van der Waals surface area contributed by atoms with Crippen molar-refractivity contribution in [3.63, 3.8) is 0 Å². The Morgan fingerprint density at radius 3 is 2.53 bits per heavy atom. The zero-order valence-electron chi connectivity index (χ0n) is 9.68. The van der Waals surface area contributed by atoms with Crippen LogP contribution < -0.4 is 4.74 Å². The summed E-state index contributed by atoms with van der Waals surface area (Å²) in [6.07, 6.45) is -4.63. The van der Waals surface area contributed by atoms with Crippen molar-refractivity contribution in [1.82, 2.24) is 4.98 Å². The Morgan fingerprint density at radius 1 is 1.26 bits per heavy atom. The number of rotatable bonds is 2. The zero-order chi connectivity index (χ0) is 14.2. The van der Waals surface area contributed by atoms with Gasteiger partial charge in [-0.05, 0) is 19.1 Å². The summed E-state index contributed by atoms with van der Waals surface area (Å²) < 4.78 is 56.3. The third-order valence-corrected chi connectivity index (χ3v) is 2.71. The molecule has 0 bridgehead atoms. The maximum Gasteiger partial charge on any atom is 0.433 e. The Balaban J connectivity index is 2.67. The fraction of sp³-hybridized carbons (Fsp3) is 0.250. The molecule has 1 aromatic carbocycles. The molecule has 0 N–H and O–H groups in total. The molecule has 0 saturated carbocycles. The number of benzene rings is 1. The molecule has 102 valence electrons. The van der Waals surface area contributed by atoms with Crippen LogP contribution in [-0.2, 0) is 6.18 Å². The highest BCUT2D eigenvalue weighted by atomic mass is 35.5. The van der Waals surface area contributed by atoms with Gasteiger partial charge in [0.15, 0.2) is 11.6 Å². The highest BCUT2D eigenvalue weighted by molar-refractivity contribution is 6.35. The summed E-state index contributed by atoms with van der Waals surface area (Å²) in [7, 11) is 0. The van der Waals surface area contributed by atoms with E-state index in [1.165, 1.54) is 6.07 Å². The van der Waals surface area contributed by atoms with E-state index < -0.39 is 17.7 Å². The summed E-state index contributed by atoms with van der Waals surface area (Å²) in [6, 6.07) is 2.82. The van der Waals surface area contributed by atoms with Gasteiger partial charge in [0.25, 0.3) is 0 Å². The number of nitrogens with zero attached hydrogens (tertiary/aromatic N) is 1. The van der Waals surface area contributed by atoms with Crippen LogP contribution in [0.1, 0.15) is 12.6 Å². The van der Waals surface area contributed by atoms with Crippen LogP contribution in [0.2, 0.25) is 5.02 Å². The predicted octanol–water partition coefficient (Wildman–Crippen LogP) is 4.44. The third kappa shape index (κ3) is 2.73. The van der Waals surface area contributed by atoms with E-state index in [2.05, 4.69) is 4.98 Å². The molecule has 0 unspecified atom stereocenters. The Bertz CT molecular complexity index is 627. The van der Waals surface area contributed by atoms with Crippen molar-refractivity contribution in [2.24, 2.45) is 0 Å². The minimum Gasteiger partial charge on any atom is -0.491 e. The Labute approximate surface area is 111 Å². The fourth-order valence-corrected chi connectivity index (χ4v) is 1.85. The van der Waals surface area contributed by atoms with E-state index in [0.717, 1.165) is 6.07 Å². The largest absolute Gasteiger partial charge is 0.491 e. The lowest BCUT2D eigenvalue weighted by atomic mass is 10.2. The first-order valence-electron chi connectivity index (χ1n) is 5.32. The molecular weight excluding hydrogens is 286 g/mol. The second kappa shape index (κ2) is 4.85. The van der Waals surface area contributed by atoms with Gasteiger partial charge in [-0.25, -0.2) is 9.37 Å². The molecule has 0 spiro atoms. The Kier molecular flexibility index (Phi) is 3.54. The second-order valence-corrected chi connectivity index (χ2v) is 4.13. The SMILES string of the molecule is CCOc1cc2c(Cl)cc(C(F)(F)F)nc2cc1F. The zero-order valence-corrected chi connectivity index (χ0v) is 10.4. The van der Waals surface area contributed by atoms with Crippen LogP contribution >= 0.6 is 11.6 Å². The van der Waals surface area contributed by atoms with Crippen molar-refractivity contribution in [3.05, 3.63) is 34.7 Å². The average Bonchev–Trinajstić information content (AvgIpc) is 2.29. The molecule has 7 heteroatoms. The molecule has 2 aromatic rings. The van der Waals surface area contributed by atoms with Crippen LogP contribution in [-0.4, -0.2) is 11.6 Å². The monoisotopic (exact) mass is 293 g/mol. The lowest BCUT2D eigenvalue weighted by molar-refractivity contribution is -0.140. The van der Waals surface area contributed by atoms with Crippen molar-refractivity contribution in [1.29, 1.82) is 0 Å². The van der Waals surface area contributed by atoms with Gasteiger partial charge in [0, 0.05) is 11.5 Å². The molecule has 0 radical (unpaired) electrons. The topological polar surface area (TPSA) is 22.1 Å². The molecule has 1 heterocycles. The van der Waals surface area contributed by atoms with Gasteiger partial charge < -0.3 is 4.74 Å². The van der Waals surface area contributed by atoms with Gasteiger partial charge in [-0.3, -0.25) is 0 Å². The van der Waals surface area contributed by atoms with Gasteiger partial charge in [0.2, 0.25) is 0 Å². The number of hydrogen-bond donors (Lipinski definition) is 0. The van der Waals surface area contributed by atoms with E-state index in [9.17, 15) is 17.6 Å². The molecule has 2 rings (SSSR count). The predicted molar refractivity (Wildman–Crippen MR) is 62.9 cm³/mol. The standard InChI is InChI=1S/C12H8ClF4NO/c1-2-19-10-3-6-7(13)4-11(12(15,16)17)18-9(6)5-8(10)14/h3-5H,2H2,1H3. The minimum atomic E-state index is -4.63. The van der Waals surface area contributed by atoms with Crippen LogP contribution in [0.4, 0.5) is 17.6 Å². The molecule has 0 atom stereocenters.